The Morgan fingerprint density at radius 3 is 2.67 bits per heavy atom. The third kappa shape index (κ3) is 3.49. The van der Waals surface area contributed by atoms with Crippen molar-refractivity contribution < 1.29 is 0 Å². The summed E-state index contributed by atoms with van der Waals surface area (Å²) >= 11 is 0. The lowest BCUT2D eigenvalue weighted by molar-refractivity contribution is 0.476. The Labute approximate surface area is 168 Å². The number of hydrogen-bond acceptors (Lipinski definition) is 4. The van der Waals surface area contributed by atoms with Crippen LogP contribution in [-0.4, -0.2) is 35.8 Å². The number of nitrogens with one attached hydrogen (secondary N) is 2. The van der Waals surface area contributed by atoms with Crippen LogP contribution in [-0.2, 0) is 13.1 Å². The van der Waals surface area contributed by atoms with E-state index in [4.69, 9.17) is 5.10 Å². The van der Waals surface area contributed by atoms with Crippen molar-refractivity contribution >= 4 is 24.8 Å². The van der Waals surface area contributed by atoms with Crippen LogP contribution in [0.5, 0.6) is 0 Å². The molecule has 4 aromatic rings. The van der Waals surface area contributed by atoms with E-state index in [1.807, 2.05) is 18.6 Å². The topological polar surface area (TPSA) is 76.3 Å². The summed E-state index contributed by atoms with van der Waals surface area (Å²) in [6.45, 7) is 2.71. The largest absolute Gasteiger partial charge is 0.345 e. The molecule has 0 unspecified atom stereocenters. The molecule has 0 spiro atoms. The lowest BCUT2D eigenvalue weighted by atomic mass is 10.1. The van der Waals surface area contributed by atoms with E-state index in [-0.39, 0.29) is 24.8 Å². The van der Waals surface area contributed by atoms with Crippen LogP contribution >= 0.6 is 24.8 Å². The molecule has 2 N–H and O–H groups in total. The molecule has 0 atom stereocenters. The Balaban J connectivity index is 0.00000105. The molecule has 0 amide bonds. The molecule has 7 nitrogen and oxygen atoms in total. The molecule has 0 saturated heterocycles. The van der Waals surface area contributed by atoms with Crippen molar-refractivity contribution in [1.29, 1.82) is 0 Å². The highest BCUT2D eigenvalue weighted by Crippen LogP contribution is 2.24. The molecule has 1 aliphatic heterocycles. The lowest BCUT2D eigenvalue weighted by Crippen LogP contribution is -2.28. The van der Waals surface area contributed by atoms with Gasteiger partial charge < -0.3 is 10.3 Å². The molecule has 0 saturated carbocycles. The van der Waals surface area contributed by atoms with Gasteiger partial charge in [0.2, 0.25) is 0 Å². The minimum Gasteiger partial charge on any atom is -0.345 e. The first-order valence-electron chi connectivity index (χ1n) is 8.29. The molecule has 1 aliphatic rings. The number of halogens is 2. The Morgan fingerprint density at radius 2 is 1.93 bits per heavy atom. The summed E-state index contributed by atoms with van der Waals surface area (Å²) in [6, 6.07) is 10.4. The van der Waals surface area contributed by atoms with E-state index < -0.39 is 0 Å². The fourth-order valence-electron chi connectivity index (χ4n) is 3.22. The highest BCUT2D eigenvalue weighted by molar-refractivity contribution is 5.85. The molecule has 27 heavy (non-hydrogen) atoms. The second kappa shape index (κ2) is 7.96. The molecular formula is C18H19Cl2N7. The average molecular weight is 404 g/mol. The zero-order valence-electron chi connectivity index (χ0n) is 14.4. The summed E-state index contributed by atoms with van der Waals surface area (Å²) in [7, 11) is 0. The molecule has 9 heteroatoms. The van der Waals surface area contributed by atoms with E-state index in [1.165, 1.54) is 5.69 Å². The number of rotatable bonds is 3. The van der Waals surface area contributed by atoms with Crippen molar-refractivity contribution in [3.8, 4) is 28.5 Å². The van der Waals surface area contributed by atoms with Crippen molar-refractivity contribution in [1.82, 2.24) is 34.6 Å². The Kier molecular flexibility index (Phi) is 5.65. The number of nitrogens with zero attached hydrogens (tertiary/aromatic N) is 5. The molecule has 5 rings (SSSR count). The number of fused-ring (bicyclic) bond motifs is 1. The van der Waals surface area contributed by atoms with Gasteiger partial charge in [0.05, 0.1) is 30.5 Å². The van der Waals surface area contributed by atoms with Crippen LogP contribution in [0.4, 0.5) is 0 Å². The maximum atomic E-state index is 4.72. The first kappa shape index (κ1) is 19.2. The molecule has 4 heterocycles. The van der Waals surface area contributed by atoms with Gasteiger partial charge in [0, 0.05) is 31.2 Å². The number of H-pyrrole nitrogens is 1. The molecule has 0 radical (unpaired) electrons. The normalized spacial score (nSPS) is 12.7. The van der Waals surface area contributed by atoms with Gasteiger partial charge in [-0.25, -0.2) is 9.97 Å². The maximum Gasteiger partial charge on any atom is 0.165 e. The van der Waals surface area contributed by atoms with Crippen LogP contribution in [0, 0.1) is 0 Å². The van der Waals surface area contributed by atoms with E-state index in [0.717, 1.165) is 48.1 Å². The van der Waals surface area contributed by atoms with Crippen LogP contribution in [0.1, 0.15) is 5.69 Å². The Hall–Kier alpha value is -2.61. The van der Waals surface area contributed by atoms with E-state index in [0.29, 0.717) is 0 Å². The number of aromatic amines is 1. The SMILES string of the molecule is Cl.Cl.c1cn(-c2ccc(-c3cnc[nH]3)cc2)c(-c2cc3n(n2)CCNC3)n1. The molecule has 0 fully saturated rings. The van der Waals surface area contributed by atoms with Gasteiger partial charge >= 0.3 is 0 Å². The third-order valence-electron chi connectivity index (χ3n) is 4.49. The van der Waals surface area contributed by atoms with Crippen LogP contribution in [0.25, 0.3) is 28.5 Å². The van der Waals surface area contributed by atoms with Crippen molar-refractivity contribution in [3.05, 3.63) is 60.9 Å². The van der Waals surface area contributed by atoms with Gasteiger partial charge in [-0.05, 0) is 23.8 Å². The van der Waals surface area contributed by atoms with Gasteiger partial charge in [-0.1, -0.05) is 12.1 Å². The minimum absolute atomic E-state index is 0. The van der Waals surface area contributed by atoms with Crippen LogP contribution < -0.4 is 5.32 Å². The second-order valence-electron chi connectivity index (χ2n) is 6.05. The van der Waals surface area contributed by atoms with E-state index in [9.17, 15) is 0 Å². The van der Waals surface area contributed by atoms with Crippen LogP contribution in [0.15, 0.2) is 55.2 Å². The highest BCUT2D eigenvalue weighted by Gasteiger charge is 2.16. The van der Waals surface area contributed by atoms with Gasteiger partial charge in [-0.15, -0.1) is 24.8 Å². The van der Waals surface area contributed by atoms with Gasteiger partial charge in [-0.3, -0.25) is 9.25 Å². The molecular weight excluding hydrogens is 385 g/mol. The Bertz CT molecular complexity index is 979. The Morgan fingerprint density at radius 1 is 1.07 bits per heavy atom. The molecule has 140 valence electrons. The first-order chi connectivity index (χ1) is 12.4. The second-order valence-corrected chi connectivity index (χ2v) is 6.05. The van der Waals surface area contributed by atoms with Crippen LogP contribution in [0.3, 0.4) is 0 Å². The molecule has 3 aromatic heterocycles. The van der Waals surface area contributed by atoms with Gasteiger partial charge in [-0.2, -0.15) is 5.10 Å². The fraction of sp³-hybridized carbons (Fsp3) is 0.167. The number of aromatic nitrogens is 6. The smallest absolute Gasteiger partial charge is 0.165 e. The fourth-order valence-corrected chi connectivity index (χ4v) is 3.22. The maximum absolute atomic E-state index is 4.72. The van der Waals surface area contributed by atoms with Crippen LogP contribution in [0.2, 0.25) is 0 Å². The van der Waals surface area contributed by atoms with Gasteiger partial charge in [0.1, 0.15) is 5.69 Å². The summed E-state index contributed by atoms with van der Waals surface area (Å²) < 4.78 is 4.13. The quantitative estimate of drug-likeness (QED) is 0.550. The summed E-state index contributed by atoms with van der Waals surface area (Å²) in [6.07, 6.45) is 7.29. The predicted octanol–water partition coefficient (Wildman–Crippen LogP) is 3.07. The number of imidazole rings is 2. The third-order valence-corrected chi connectivity index (χ3v) is 4.49. The monoisotopic (exact) mass is 403 g/mol. The number of hydrogen-bond donors (Lipinski definition) is 2. The lowest BCUT2D eigenvalue weighted by Gasteiger charge is -2.13. The predicted molar refractivity (Wildman–Crippen MR) is 109 cm³/mol. The summed E-state index contributed by atoms with van der Waals surface area (Å²) in [5.74, 6) is 0.858. The standard InChI is InChI=1S/C18H17N7.2ClH/c1-3-14(4-2-13(1)17-11-20-12-22-17)24-7-6-21-18(24)16-9-15-10-19-5-8-25(15)23-16;;/h1-4,6-7,9,11-12,19H,5,8,10H2,(H,20,22);2*1H. The summed E-state index contributed by atoms with van der Waals surface area (Å²) in [5, 5.41) is 8.09. The minimum atomic E-state index is 0. The zero-order valence-corrected chi connectivity index (χ0v) is 16.0. The zero-order chi connectivity index (χ0) is 16.6. The molecule has 0 bridgehead atoms. The van der Waals surface area contributed by atoms with Gasteiger partial charge in [0.15, 0.2) is 5.82 Å². The first-order valence-corrected chi connectivity index (χ1v) is 8.29. The van der Waals surface area contributed by atoms with E-state index in [1.54, 1.807) is 6.33 Å². The highest BCUT2D eigenvalue weighted by atomic mass is 35.5. The van der Waals surface area contributed by atoms with E-state index in [2.05, 4.69) is 59.8 Å². The van der Waals surface area contributed by atoms with Gasteiger partial charge in [0.25, 0.3) is 0 Å². The molecule has 0 aliphatic carbocycles. The van der Waals surface area contributed by atoms with Crippen molar-refractivity contribution in [2.45, 2.75) is 13.1 Å². The number of benzene rings is 1. The molecule has 1 aromatic carbocycles. The summed E-state index contributed by atoms with van der Waals surface area (Å²) in [4.78, 5) is 11.7. The van der Waals surface area contributed by atoms with Crippen molar-refractivity contribution in [2.75, 3.05) is 6.54 Å². The summed E-state index contributed by atoms with van der Waals surface area (Å²) in [5.41, 5.74) is 5.27. The average Bonchev–Trinajstić information content (AvgIpc) is 3.41. The van der Waals surface area contributed by atoms with Crippen molar-refractivity contribution in [2.24, 2.45) is 0 Å². The van der Waals surface area contributed by atoms with E-state index >= 15 is 0 Å². The van der Waals surface area contributed by atoms with Crippen molar-refractivity contribution in [3.63, 3.8) is 0 Å².